The molecule has 0 saturated carbocycles. The van der Waals surface area contributed by atoms with E-state index in [1.807, 2.05) is 13.8 Å². The molecule has 0 fully saturated rings. The zero-order valence-corrected chi connectivity index (χ0v) is 14.5. The summed E-state index contributed by atoms with van der Waals surface area (Å²) in [4.78, 5) is 23.2. The maximum Gasteiger partial charge on any atom is 0.407 e. The van der Waals surface area contributed by atoms with Crippen LogP contribution in [0.2, 0.25) is 0 Å². The van der Waals surface area contributed by atoms with Gasteiger partial charge in [0.1, 0.15) is 5.60 Å². The van der Waals surface area contributed by atoms with Crippen molar-refractivity contribution in [2.24, 2.45) is 11.5 Å². The molecule has 6 heteroatoms. The van der Waals surface area contributed by atoms with Crippen LogP contribution in [-0.2, 0) is 11.2 Å². The molecule has 1 atom stereocenters. The summed E-state index contributed by atoms with van der Waals surface area (Å²) in [5.74, 6) is -0.454. The lowest BCUT2D eigenvalue weighted by Crippen LogP contribution is -2.44. The number of ether oxygens (including phenoxy) is 1. The highest BCUT2D eigenvalue weighted by Crippen LogP contribution is 2.18. The molecule has 0 bridgehead atoms. The van der Waals surface area contributed by atoms with Crippen molar-refractivity contribution in [3.05, 3.63) is 34.4 Å². The van der Waals surface area contributed by atoms with E-state index in [1.54, 1.807) is 32.9 Å². The Balaban J connectivity index is 2.88. The number of hydrogen-bond acceptors (Lipinski definition) is 4. The zero-order chi connectivity index (χ0) is 17.8. The van der Waals surface area contributed by atoms with E-state index in [1.165, 1.54) is 0 Å². The molecule has 1 rings (SSSR count). The molecular formula is C17H27N3O3. The highest BCUT2D eigenvalue weighted by molar-refractivity contribution is 5.93. The highest BCUT2D eigenvalue weighted by Gasteiger charge is 2.20. The minimum absolute atomic E-state index is 0.248. The van der Waals surface area contributed by atoms with Gasteiger partial charge in [-0.2, -0.15) is 0 Å². The Bertz CT molecular complexity index is 568. The second-order valence-corrected chi connectivity index (χ2v) is 6.74. The molecule has 2 amide bonds. The fourth-order valence-electron chi connectivity index (χ4n) is 2.37. The summed E-state index contributed by atoms with van der Waals surface area (Å²) < 4.78 is 5.25. The maximum absolute atomic E-state index is 11.9. The molecule has 0 heterocycles. The topological polar surface area (TPSA) is 107 Å². The molecule has 0 aliphatic heterocycles. The molecular weight excluding hydrogens is 294 g/mol. The number of amides is 2. The number of primary amides is 1. The Morgan fingerprint density at radius 3 is 2.13 bits per heavy atom. The molecule has 0 spiro atoms. The van der Waals surface area contributed by atoms with Crippen LogP contribution >= 0.6 is 0 Å². The van der Waals surface area contributed by atoms with Crippen LogP contribution in [0, 0.1) is 13.8 Å². The van der Waals surface area contributed by atoms with Crippen LogP contribution in [0.3, 0.4) is 0 Å². The van der Waals surface area contributed by atoms with E-state index in [9.17, 15) is 9.59 Å². The Morgan fingerprint density at radius 1 is 1.22 bits per heavy atom. The predicted molar refractivity (Wildman–Crippen MR) is 90.4 cm³/mol. The normalized spacial score (nSPS) is 12.6. The van der Waals surface area contributed by atoms with Crippen molar-refractivity contribution in [1.29, 1.82) is 0 Å². The van der Waals surface area contributed by atoms with E-state index in [4.69, 9.17) is 16.2 Å². The predicted octanol–water partition coefficient (Wildman–Crippen LogP) is 1.80. The lowest BCUT2D eigenvalue weighted by molar-refractivity contribution is 0.0505. The van der Waals surface area contributed by atoms with Gasteiger partial charge in [-0.15, -0.1) is 0 Å². The highest BCUT2D eigenvalue weighted by atomic mass is 16.6. The van der Waals surface area contributed by atoms with Crippen molar-refractivity contribution in [2.75, 3.05) is 6.54 Å². The number of rotatable bonds is 5. The summed E-state index contributed by atoms with van der Waals surface area (Å²) in [7, 11) is 0. The van der Waals surface area contributed by atoms with Gasteiger partial charge in [0.2, 0.25) is 5.91 Å². The van der Waals surface area contributed by atoms with Gasteiger partial charge in [-0.05, 0) is 69.9 Å². The van der Waals surface area contributed by atoms with Gasteiger partial charge in [-0.25, -0.2) is 4.79 Å². The summed E-state index contributed by atoms with van der Waals surface area (Å²) in [5, 5.41) is 2.79. The SMILES string of the molecule is Cc1cc(C(N)=O)cc(C)c1CC(CN)NC(=O)OC(C)(C)C. The van der Waals surface area contributed by atoms with Crippen LogP contribution in [0.25, 0.3) is 0 Å². The van der Waals surface area contributed by atoms with Gasteiger partial charge in [0.25, 0.3) is 0 Å². The van der Waals surface area contributed by atoms with Gasteiger partial charge in [-0.3, -0.25) is 4.79 Å². The second kappa shape index (κ2) is 7.46. The van der Waals surface area contributed by atoms with Crippen molar-refractivity contribution >= 4 is 12.0 Å². The van der Waals surface area contributed by atoms with E-state index >= 15 is 0 Å². The second-order valence-electron chi connectivity index (χ2n) is 6.74. The lowest BCUT2D eigenvalue weighted by Gasteiger charge is -2.24. The van der Waals surface area contributed by atoms with E-state index < -0.39 is 17.6 Å². The summed E-state index contributed by atoms with van der Waals surface area (Å²) in [6.07, 6.45) is 0.0731. The van der Waals surface area contributed by atoms with E-state index in [2.05, 4.69) is 5.32 Å². The number of nitrogens with two attached hydrogens (primary N) is 2. The molecule has 1 aromatic carbocycles. The molecule has 0 radical (unpaired) electrons. The van der Waals surface area contributed by atoms with Gasteiger partial charge in [0, 0.05) is 18.2 Å². The number of carbonyl (C=O) groups excluding carboxylic acids is 2. The first-order valence-corrected chi connectivity index (χ1v) is 7.63. The zero-order valence-electron chi connectivity index (χ0n) is 14.5. The number of aryl methyl sites for hydroxylation is 2. The van der Waals surface area contributed by atoms with Crippen molar-refractivity contribution in [2.45, 2.75) is 52.7 Å². The molecule has 0 aliphatic carbocycles. The summed E-state index contributed by atoms with van der Waals surface area (Å²) in [5.41, 5.74) is 13.9. The maximum atomic E-state index is 11.9. The fourth-order valence-corrected chi connectivity index (χ4v) is 2.37. The molecule has 0 saturated heterocycles. The first kappa shape index (κ1) is 19.0. The number of hydrogen-bond donors (Lipinski definition) is 3. The van der Waals surface area contributed by atoms with Crippen LogP contribution in [-0.4, -0.2) is 30.2 Å². The number of benzene rings is 1. The van der Waals surface area contributed by atoms with Crippen molar-refractivity contribution in [3.8, 4) is 0 Å². The van der Waals surface area contributed by atoms with Gasteiger partial charge >= 0.3 is 6.09 Å². The fraction of sp³-hybridized carbons (Fsp3) is 0.529. The van der Waals surface area contributed by atoms with E-state index in [0.29, 0.717) is 12.0 Å². The molecule has 1 aromatic rings. The van der Waals surface area contributed by atoms with Gasteiger partial charge in [0.05, 0.1) is 0 Å². The molecule has 6 nitrogen and oxygen atoms in total. The third kappa shape index (κ3) is 5.90. The third-order valence-electron chi connectivity index (χ3n) is 3.44. The van der Waals surface area contributed by atoms with Crippen molar-refractivity contribution in [3.63, 3.8) is 0 Å². The quantitative estimate of drug-likeness (QED) is 0.768. The van der Waals surface area contributed by atoms with Crippen LogP contribution in [0.1, 0.15) is 47.8 Å². The molecule has 128 valence electrons. The lowest BCUT2D eigenvalue weighted by atomic mass is 9.94. The van der Waals surface area contributed by atoms with E-state index in [-0.39, 0.29) is 12.6 Å². The Kier molecular flexibility index (Phi) is 6.15. The van der Waals surface area contributed by atoms with Crippen LogP contribution < -0.4 is 16.8 Å². The molecule has 1 unspecified atom stereocenters. The standard InChI is InChI=1S/C17H27N3O3/c1-10-6-12(15(19)21)7-11(2)14(10)8-13(9-18)20-16(22)23-17(3,4)5/h6-7,13H,8-9,18H2,1-5H3,(H2,19,21)(H,20,22). The van der Waals surface area contributed by atoms with Gasteiger partial charge < -0.3 is 21.5 Å². The summed E-state index contributed by atoms with van der Waals surface area (Å²) in [6.45, 7) is 9.53. The summed E-state index contributed by atoms with van der Waals surface area (Å²) >= 11 is 0. The van der Waals surface area contributed by atoms with Gasteiger partial charge in [0.15, 0.2) is 0 Å². The van der Waals surface area contributed by atoms with Crippen LogP contribution in [0.15, 0.2) is 12.1 Å². The Hall–Kier alpha value is -2.08. The number of carbonyl (C=O) groups is 2. The van der Waals surface area contributed by atoms with E-state index in [0.717, 1.165) is 16.7 Å². The minimum atomic E-state index is -0.557. The average Bonchev–Trinajstić information content (AvgIpc) is 2.38. The first-order valence-electron chi connectivity index (χ1n) is 7.63. The van der Waals surface area contributed by atoms with Crippen molar-refractivity contribution in [1.82, 2.24) is 5.32 Å². The molecule has 5 N–H and O–H groups in total. The smallest absolute Gasteiger partial charge is 0.407 e. The first-order chi connectivity index (χ1) is 10.5. The molecule has 0 aliphatic rings. The average molecular weight is 321 g/mol. The number of nitrogens with one attached hydrogen (secondary N) is 1. The molecule has 0 aromatic heterocycles. The monoisotopic (exact) mass is 321 g/mol. The minimum Gasteiger partial charge on any atom is -0.444 e. The van der Waals surface area contributed by atoms with Crippen LogP contribution in [0.4, 0.5) is 4.79 Å². The molecule has 23 heavy (non-hydrogen) atoms. The van der Waals surface area contributed by atoms with Gasteiger partial charge in [-0.1, -0.05) is 0 Å². The van der Waals surface area contributed by atoms with Crippen LogP contribution in [0.5, 0.6) is 0 Å². The third-order valence-corrected chi connectivity index (χ3v) is 3.44. The largest absolute Gasteiger partial charge is 0.444 e. The van der Waals surface area contributed by atoms with Crippen molar-refractivity contribution < 1.29 is 14.3 Å². The Labute approximate surface area is 137 Å². The number of alkyl carbamates (subject to hydrolysis) is 1. The Morgan fingerprint density at radius 2 is 1.74 bits per heavy atom. The summed E-state index contributed by atoms with van der Waals surface area (Å²) in [6, 6.07) is 3.26.